The molecule has 56 heavy (non-hydrogen) atoms. The molecular weight excluding hydrogens is 819 g/mol. The second-order valence-corrected chi connectivity index (χ2v) is 15.5. The number of nitrogens with zero attached hydrogens (tertiary/aromatic N) is 10. The van der Waals surface area contributed by atoms with Crippen molar-refractivity contribution in [1.82, 2.24) is 38.5 Å². The molecule has 4 aliphatic rings. The van der Waals surface area contributed by atoms with Gasteiger partial charge in [-0.15, -0.1) is 0 Å². The van der Waals surface area contributed by atoms with E-state index in [1.807, 2.05) is 76.3 Å². The van der Waals surface area contributed by atoms with Crippen LogP contribution in [0.4, 0.5) is 28.7 Å². The van der Waals surface area contributed by atoms with Crippen LogP contribution in [0.2, 0.25) is 10.0 Å². The highest BCUT2D eigenvalue weighted by molar-refractivity contribution is 9.10. The van der Waals surface area contributed by atoms with Gasteiger partial charge >= 0.3 is 0 Å². The average Bonchev–Trinajstić information content (AvgIpc) is 3.83. The Morgan fingerprint density at radius 2 is 1.18 bits per heavy atom. The van der Waals surface area contributed by atoms with E-state index in [9.17, 15) is 0 Å². The van der Waals surface area contributed by atoms with Gasteiger partial charge in [0.15, 0.2) is 11.3 Å². The van der Waals surface area contributed by atoms with Gasteiger partial charge in [0.25, 0.3) is 0 Å². The molecule has 10 rings (SSSR count). The first-order valence-electron chi connectivity index (χ1n) is 18.3. The Bertz CT molecular complexity index is 2160. The van der Waals surface area contributed by atoms with E-state index in [4.69, 9.17) is 38.4 Å². The lowest BCUT2D eigenvalue weighted by Gasteiger charge is -2.43. The Morgan fingerprint density at radius 1 is 0.661 bits per heavy atom. The molecule has 0 unspecified atom stereocenters. The predicted octanol–water partition coefficient (Wildman–Crippen LogP) is 6.22. The third-order valence-corrected chi connectivity index (χ3v) is 11.3. The van der Waals surface area contributed by atoms with Gasteiger partial charge in [-0.2, -0.15) is 0 Å². The molecule has 0 amide bonds. The minimum atomic E-state index is 0. The second-order valence-electron chi connectivity index (χ2n) is 13.8. The zero-order chi connectivity index (χ0) is 37.7. The number of nitrogens with two attached hydrogens (primary N) is 1. The number of halogens is 3. The molecule has 4 fully saturated rings. The summed E-state index contributed by atoms with van der Waals surface area (Å²) in [5.41, 5.74) is 10.5. The van der Waals surface area contributed by atoms with Gasteiger partial charge < -0.3 is 39.1 Å². The molecule has 0 bridgehead atoms. The van der Waals surface area contributed by atoms with E-state index in [1.54, 1.807) is 12.4 Å². The summed E-state index contributed by atoms with van der Waals surface area (Å²) in [4.78, 5) is 27.0. The van der Waals surface area contributed by atoms with Gasteiger partial charge in [0, 0.05) is 89.5 Å². The molecule has 3 N–H and O–H groups in total. The minimum absolute atomic E-state index is 0. The van der Waals surface area contributed by atoms with Crippen LogP contribution in [0, 0.1) is 0 Å². The first kappa shape index (κ1) is 40.0. The lowest BCUT2D eigenvalue weighted by Crippen LogP contribution is -2.56. The molecule has 14 nitrogen and oxygen atoms in total. The maximum atomic E-state index is 6.19. The zero-order valence-electron chi connectivity index (χ0n) is 30.2. The molecule has 6 aromatic heterocycles. The number of imidazole rings is 2. The lowest BCUT2D eigenvalue weighted by molar-refractivity contribution is -0.0660. The van der Waals surface area contributed by atoms with E-state index >= 15 is 0 Å². The SMILES string of the molecule is C.Clc1cc(Br)c2nccn2c1.Clc1cc(Nc2ccc(N3CCN(C4COC4)CC3)cn2)c2nccn2c1.Nc1ccc(N2CCN(C3COC3)CC2)cn1. The van der Waals surface area contributed by atoms with Crippen LogP contribution in [-0.4, -0.2) is 129 Å². The smallest absolute Gasteiger partial charge is 0.160 e. The van der Waals surface area contributed by atoms with Crippen molar-refractivity contribution in [3.63, 3.8) is 0 Å². The quantitative estimate of drug-likeness (QED) is 0.197. The second kappa shape index (κ2) is 18.4. The number of rotatable bonds is 6. The van der Waals surface area contributed by atoms with Gasteiger partial charge in [-0.25, -0.2) is 19.9 Å². The molecule has 0 radical (unpaired) electrons. The molecule has 4 saturated heterocycles. The Kier molecular flexibility index (Phi) is 13.1. The fraction of sp³-hybridized carbons (Fsp3) is 0.385. The monoisotopic (exact) mass is 864 g/mol. The van der Waals surface area contributed by atoms with Crippen LogP contribution < -0.4 is 20.9 Å². The highest BCUT2D eigenvalue weighted by atomic mass is 79.9. The molecule has 10 heterocycles. The molecule has 4 aliphatic heterocycles. The van der Waals surface area contributed by atoms with Crippen molar-refractivity contribution in [2.24, 2.45) is 0 Å². The first-order chi connectivity index (χ1) is 26.9. The van der Waals surface area contributed by atoms with Gasteiger partial charge in [-0.1, -0.05) is 30.6 Å². The number of pyridine rings is 4. The minimum Gasteiger partial charge on any atom is -0.384 e. The largest absolute Gasteiger partial charge is 0.384 e. The number of hydrogen-bond acceptors (Lipinski definition) is 12. The average molecular weight is 867 g/mol. The summed E-state index contributed by atoms with van der Waals surface area (Å²) in [5, 5.41) is 4.67. The Morgan fingerprint density at radius 3 is 1.68 bits per heavy atom. The summed E-state index contributed by atoms with van der Waals surface area (Å²) >= 11 is 15.4. The summed E-state index contributed by atoms with van der Waals surface area (Å²) < 4.78 is 15.2. The van der Waals surface area contributed by atoms with Gasteiger partial charge in [0.05, 0.1) is 82.5 Å². The molecular formula is C39H47BrCl2N12O2. The molecule has 296 valence electrons. The maximum absolute atomic E-state index is 6.19. The predicted molar refractivity (Wildman–Crippen MR) is 228 cm³/mol. The summed E-state index contributed by atoms with van der Waals surface area (Å²) in [6.07, 6.45) is 14.6. The lowest BCUT2D eigenvalue weighted by atomic mass is 10.2. The normalized spacial score (nSPS) is 17.9. The number of anilines is 5. The van der Waals surface area contributed by atoms with E-state index in [-0.39, 0.29) is 7.43 Å². The molecule has 0 aromatic carbocycles. The maximum Gasteiger partial charge on any atom is 0.160 e. The number of fused-ring (bicyclic) bond motifs is 2. The Balaban J connectivity index is 0.000000141. The van der Waals surface area contributed by atoms with E-state index in [0.717, 1.165) is 112 Å². The third-order valence-electron chi connectivity index (χ3n) is 10.3. The van der Waals surface area contributed by atoms with E-state index < -0.39 is 0 Å². The van der Waals surface area contributed by atoms with Crippen LogP contribution >= 0.6 is 39.1 Å². The van der Waals surface area contributed by atoms with Crippen molar-refractivity contribution in [2.75, 3.05) is 99.6 Å². The van der Waals surface area contributed by atoms with Crippen molar-refractivity contribution in [3.8, 4) is 0 Å². The molecule has 0 atom stereocenters. The van der Waals surface area contributed by atoms with Crippen molar-refractivity contribution >= 4 is 79.1 Å². The fourth-order valence-corrected chi connectivity index (χ4v) is 8.09. The van der Waals surface area contributed by atoms with Crippen LogP contribution in [0.25, 0.3) is 11.3 Å². The fourth-order valence-electron chi connectivity index (χ4n) is 6.98. The van der Waals surface area contributed by atoms with Crippen molar-refractivity contribution in [3.05, 3.63) is 100 Å². The van der Waals surface area contributed by atoms with Crippen molar-refractivity contribution in [1.29, 1.82) is 0 Å². The van der Waals surface area contributed by atoms with E-state index in [1.165, 1.54) is 5.69 Å². The van der Waals surface area contributed by atoms with Crippen molar-refractivity contribution in [2.45, 2.75) is 19.5 Å². The number of hydrogen-bond donors (Lipinski definition) is 2. The zero-order valence-corrected chi connectivity index (χ0v) is 33.3. The van der Waals surface area contributed by atoms with Gasteiger partial charge in [0.2, 0.25) is 0 Å². The number of aromatic nitrogens is 6. The van der Waals surface area contributed by atoms with Crippen LogP contribution in [0.3, 0.4) is 0 Å². The van der Waals surface area contributed by atoms with Crippen LogP contribution in [0.1, 0.15) is 7.43 Å². The number of ether oxygens (including phenoxy) is 2. The highest BCUT2D eigenvalue weighted by Crippen LogP contribution is 2.26. The summed E-state index contributed by atoms with van der Waals surface area (Å²) in [6.45, 7) is 12.1. The molecule has 0 saturated carbocycles. The van der Waals surface area contributed by atoms with Gasteiger partial charge in [-0.05, 0) is 52.3 Å². The summed E-state index contributed by atoms with van der Waals surface area (Å²) in [7, 11) is 0. The summed E-state index contributed by atoms with van der Waals surface area (Å²) in [5.74, 6) is 1.36. The van der Waals surface area contributed by atoms with E-state index in [0.29, 0.717) is 27.9 Å². The number of piperazine rings is 2. The van der Waals surface area contributed by atoms with Gasteiger partial charge in [-0.3, -0.25) is 9.80 Å². The topological polar surface area (TPSA) is 130 Å². The standard InChI is InChI=1S/C19H21ClN6O.C12H18N4O.C7H4BrClN2.CH4/c20-14-9-17(19-21-3-4-26(19)11-14)23-18-2-1-15(10-22-18)24-5-7-25(8-6-24)16-12-27-13-16;13-12-2-1-10(7-14-12)15-3-5-16(6-4-15)11-8-17-9-11;8-6-3-5(9)4-11-2-1-10-7(6)11;/h1-4,9-11,16H,5-8,12-13H2,(H,22,23);1-2,7,11H,3-6,8-9H2,(H2,13,14);1-4H;1H4. The van der Waals surface area contributed by atoms with Gasteiger partial charge in [0.1, 0.15) is 11.6 Å². The molecule has 0 spiro atoms. The van der Waals surface area contributed by atoms with Crippen molar-refractivity contribution < 1.29 is 9.47 Å². The van der Waals surface area contributed by atoms with Crippen LogP contribution in [-0.2, 0) is 9.47 Å². The van der Waals surface area contributed by atoms with E-state index in [2.05, 4.69) is 66.8 Å². The molecule has 0 aliphatic carbocycles. The number of nitrogens with one attached hydrogen (secondary N) is 1. The third kappa shape index (κ3) is 9.48. The Labute approximate surface area is 345 Å². The highest BCUT2D eigenvalue weighted by Gasteiger charge is 2.30. The first-order valence-corrected chi connectivity index (χ1v) is 19.9. The summed E-state index contributed by atoms with van der Waals surface area (Å²) in [6, 6.07) is 13.0. The molecule has 6 aromatic rings. The Hall–Kier alpha value is -4.22. The van der Waals surface area contributed by atoms with Crippen LogP contribution in [0.15, 0.2) is 90.4 Å². The van der Waals surface area contributed by atoms with Crippen LogP contribution in [0.5, 0.6) is 0 Å². The molecule has 17 heteroatoms. The number of nitrogen functional groups attached to an aromatic ring is 1.